The van der Waals surface area contributed by atoms with Crippen molar-refractivity contribution in [3.8, 4) is 0 Å². The normalized spacial score (nSPS) is 17.1. The van der Waals surface area contributed by atoms with Crippen molar-refractivity contribution in [2.75, 3.05) is 0 Å². The molecule has 12 nitrogen and oxygen atoms in total. The van der Waals surface area contributed by atoms with Crippen molar-refractivity contribution in [3.05, 3.63) is 144 Å². The van der Waals surface area contributed by atoms with Gasteiger partial charge in [0, 0.05) is 0 Å². The Hall–Kier alpha value is -4.70. The van der Waals surface area contributed by atoms with E-state index in [0.717, 1.165) is 0 Å². The van der Waals surface area contributed by atoms with E-state index < -0.39 is 82.9 Å². The molecule has 0 saturated carbocycles. The molecule has 4 aromatic rings. The zero-order valence-corrected chi connectivity index (χ0v) is 37.8. The second-order valence-electron chi connectivity index (χ2n) is 14.2. The van der Waals surface area contributed by atoms with Crippen LogP contribution in [0.4, 0.5) is 0 Å². The van der Waals surface area contributed by atoms with Gasteiger partial charge in [-0.25, -0.2) is 0 Å². The van der Waals surface area contributed by atoms with Crippen molar-refractivity contribution in [3.63, 3.8) is 0 Å². The third-order valence-corrected chi connectivity index (χ3v) is 26.4. The first-order chi connectivity index (χ1) is 28.2. The molecule has 4 aromatic carbocycles. The minimum atomic E-state index is -5.62. The molecule has 58 heavy (non-hydrogen) atoms. The fourth-order valence-corrected chi connectivity index (χ4v) is 23.9. The van der Waals surface area contributed by atoms with Gasteiger partial charge in [-0.05, 0) is 0 Å². The van der Waals surface area contributed by atoms with Gasteiger partial charge in [0.05, 0.1) is 0 Å². The Kier molecular flexibility index (Phi) is 15.4. The standard InChI is InChI=1S/2C13H11.3C6H10O4.2Sn/c2*1-3-7-12(8-4-1)11-13-9-5-2-6-10-13;3*7-5(8)3-1-2-4-6(9)10;;/h2*1-11H;3*1-4H2,(H,7,8)(H,9,10);;/q;;;;;2*+3/p-6. The number of benzene rings is 4. The van der Waals surface area contributed by atoms with Crippen molar-refractivity contribution >= 4 is 75.1 Å². The molecule has 2 aliphatic rings. The molecule has 0 aliphatic carbocycles. The maximum absolute atomic E-state index is 13.8. The number of carbonyl (C=O) groups excluding carboxylic acids is 6. The Morgan fingerprint density at radius 3 is 0.914 bits per heavy atom. The molecule has 6 rings (SSSR count). The van der Waals surface area contributed by atoms with Crippen molar-refractivity contribution < 1.29 is 47.2 Å². The van der Waals surface area contributed by atoms with Crippen LogP contribution >= 0.6 is 0 Å². The van der Waals surface area contributed by atoms with Crippen LogP contribution in [0.5, 0.6) is 0 Å². The Bertz CT molecular complexity index is 1760. The number of hydrogen-bond acceptors (Lipinski definition) is 12. The van der Waals surface area contributed by atoms with Crippen LogP contribution in [-0.4, -0.2) is 75.1 Å². The van der Waals surface area contributed by atoms with Crippen LogP contribution in [0.1, 0.15) is 107 Å². The van der Waals surface area contributed by atoms with Crippen LogP contribution in [0.3, 0.4) is 0 Å². The van der Waals surface area contributed by atoms with Crippen molar-refractivity contribution in [2.24, 2.45) is 0 Å². The van der Waals surface area contributed by atoms with Crippen LogP contribution in [-0.2, 0) is 47.2 Å². The van der Waals surface area contributed by atoms with Crippen LogP contribution in [0, 0.1) is 0 Å². The number of hydrogen-bond donors (Lipinski definition) is 0. The molecular weight excluding hydrogens is 958 g/mol. The summed E-state index contributed by atoms with van der Waals surface area (Å²) in [6.45, 7) is 0. The van der Waals surface area contributed by atoms with Crippen LogP contribution in [0.15, 0.2) is 121 Å². The van der Waals surface area contributed by atoms with E-state index in [9.17, 15) is 28.8 Å². The summed E-state index contributed by atoms with van der Waals surface area (Å²) in [7, 11) is 0. The summed E-state index contributed by atoms with van der Waals surface area (Å²) in [6, 6.07) is 36.3. The monoisotopic (exact) mass is 1010 g/mol. The Morgan fingerprint density at radius 1 is 0.431 bits per heavy atom. The van der Waals surface area contributed by atoms with E-state index in [1.165, 1.54) is 0 Å². The predicted molar refractivity (Wildman–Crippen MR) is 213 cm³/mol. The molecule has 302 valence electrons. The summed E-state index contributed by atoms with van der Waals surface area (Å²) >= 11 is -11.2. The van der Waals surface area contributed by atoms with Gasteiger partial charge in [-0.15, -0.1) is 0 Å². The summed E-state index contributed by atoms with van der Waals surface area (Å²) in [5, 5.41) is 0. The number of carbonyl (C=O) groups is 6. The quantitative estimate of drug-likeness (QED) is 0.0958. The third-order valence-electron chi connectivity index (χ3n) is 9.81. The van der Waals surface area contributed by atoms with Gasteiger partial charge in [0.2, 0.25) is 0 Å². The molecule has 0 aromatic heterocycles. The average Bonchev–Trinajstić information content (AvgIpc) is 3.32. The summed E-state index contributed by atoms with van der Waals surface area (Å²) in [5.74, 6) is -3.90. The molecule has 0 N–H and O–H groups in total. The first-order valence-corrected chi connectivity index (χ1v) is 30.0. The molecule has 2 heterocycles. The maximum atomic E-state index is 13.8. The first kappa shape index (κ1) is 42.9. The van der Waals surface area contributed by atoms with Crippen LogP contribution < -0.4 is 0 Å². The summed E-state index contributed by atoms with van der Waals surface area (Å²) in [5.41, 5.74) is 2.65. The van der Waals surface area contributed by atoms with E-state index in [4.69, 9.17) is 18.4 Å². The van der Waals surface area contributed by atoms with Gasteiger partial charge in [-0.1, -0.05) is 0 Å². The molecule has 14 heteroatoms. The SMILES string of the molecule is O=C1CCCCC(=O)[O][Sn]([O]C(=O)CCCCC(=O)[O][Sn]2([CH](c3ccccc3)c3ccccc3)[O]C(=O)CCCCC(=O)[O]2)([CH](c2ccccc2)c2ccccc2)[O]1. The Labute approximate surface area is 348 Å². The molecule has 0 radical (unpaired) electrons. The van der Waals surface area contributed by atoms with Gasteiger partial charge in [-0.3, -0.25) is 0 Å². The molecule has 0 bridgehead atoms. The Morgan fingerprint density at radius 2 is 0.672 bits per heavy atom. The minimum absolute atomic E-state index is 0.0395. The van der Waals surface area contributed by atoms with Gasteiger partial charge in [-0.2, -0.15) is 0 Å². The van der Waals surface area contributed by atoms with E-state index in [1.54, 1.807) is 48.5 Å². The van der Waals surface area contributed by atoms with Crippen LogP contribution in [0.2, 0.25) is 0 Å². The van der Waals surface area contributed by atoms with Gasteiger partial charge < -0.3 is 0 Å². The fourth-order valence-electron chi connectivity index (χ4n) is 7.14. The van der Waals surface area contributed by atoms with Crippen molar-refractivity contribution in [1.82, 2.24) is 0 Å². The second kappa shape index (κ2) is 20.8. The molecule has 2 saturated heterocycles. The van der Waals surface area contributed by atoms with E-state index in [0.29, 0.717) is 47.9 Å². The van der Waals surface area contributed by atoms with E-state index >= 15 is 0 Å². The zero-order valence-electron chi connectivity index (χ0n) is 32.1. The molecule has 2 aliphatic heterocycles. The van der Waals surface area contributed by atoms with E-state index in [1.807, 2.05) is 72.8 Å². The number of rotatable bonds is 13. The summed E-state index contributed by atoms with van der Waals surface area (Å²) in [6.07, 6.45) is 1.71. The van der Waals surface area contributed by atoms with Crippen LogP contribution in [0.25, 0.3) is 0 Å². The van der Waals surface area contributed by atoms with Gasteiger partial charge in [0.25, 0.3) is 0 Å². The molecule has 0 amide bonds. The molecule has 0 atom stereocenters. The summed E-state index contributed by atoms with van der Waals surface area (Å²) < 4.78 is 35.1. The average molecular weight is 1000 g/mol. The topological polar surface area (TPSA) is 158 Å². The third kappa shape index (κ3) is 11.5. The van der Waals surface area contributed by atoms with Gasteiger partial charge >= 0.3 is 351 Å². The molecule has 0 unspecified atom stereocenters. The Balaban J connectivity index is 1.22. The zero-order chi connectivity index (χ0) is 40.8. The summed E-state index contributed by atoms with van der Waals surface area (Å²) in [4.78, 5) is 80.6. The molecular formula is C44H46O12Sn2. The van der Waals surface area contributed by atoms with E-state index in [2.05, 4.69) is 0 Å². The van der Waals surface area contributed by atoms with E-state index in [-0.39, 0.29) is 51.4 Å². The number of unbranched alkanes of at least 4 members (excludes halogenated alkanes) is 1. The van der Waals surface area contributed by atoms with Gasteiger partial charge in [0.1, 0.15) is 0 Å². The molecule has 0 spiro atoms. The second-order valence-corrected chi connectivity index (χ2v) is 27.9. The molecule has 2 fully saturated rings. The predicted octanol–water partition coefficient (Wildman–Crippen LogP) is 7.57. The van der Waals surface area contributed by atoms with Crippen molar-refractivity contribution in [2.45, 2.75) is 84.9 Å². The van der Waals surface area contributed by atoms with Crippen molar-refractivity contribution in [1.29, 1.82) is 0 Å². The fraction of sp³-hybridized carbons (Fsp3) is 0.318. The van der Waals surface area contributed by atoms with Gasteiger partial charge in [0.15, 0.2) is 0 Å². The first-order valence-electron chi connectivity index (χ1n) is 19.7.